The Morgan fingerprint density at radius 1 is 1.00 bits per heavy atom. The molecule has 0 aliphatic carbocycles. The maximum absolute atomic E-state index is 12.1. The summed E-state index contributed by atoms with van der Waals surface area (Å²) in [5, 5.41) is 4.00. The van der Waals surface area contributed by atoms with Crippen LogP contribution in [-0.4, -0.2) is 19.1 Å². The molecule has 1 amide bonds. The first kappa shape index (κ1) is 20.4. The van der Waals surface area contributed by atoms with E-state index in [-0.39, 0.29) is 5.91 Å². The summed E-state index contributed by atoms with van der Waals surface area (Å²) in [5.41, 5.74) is 1.86. The van der Waals surface area contributed by atoms with Crippen LogP contribution in [0.5, 0.6) is 11.5 Å². The quantitative estimate of drug-likeness (QED) is 0.646. The Hall–Kier alpha value is -1.91. The van der Waals surface area contributed by atoms with E-state index >= 15 is 0 Å². The second kappa shape index (κ2) is 10.3. The SMILES string of the molecule is CCOc1ccc(CCC(=O)NCc2ccc(Cl)cc2Cl)cc1OCC. The Bertz CT molecular complexity index is 750. The summed E-state index contributed by atoms with van der Waals surface area (Å²) in [6.45, 7) is 5.38. The fraction of sp³-hybridized carbons (Fsp3) is 0.350. The molecule has 1 N–H and O–H groups in total. The molecule has 0 atom stereocenters. The van der Waals surface area contributed by atoms with Gasteiger partial charge in [-0.3, -0.25) is 4.79 Å². The maximum atomic E-state index is 12.1. The van der Waals surface area contributed by atoms with Crippen LogP contribution >= 0.6 is 23.2 Å². The zero-order chi connectivity index (χ0) is 18.9. The predicted octanol–water partition coefficient (Wildman–Crippen LogP) is 5.04. The van der Waals surface area contributed by atoms with E-state index < -0.39 is 0 Å². The van der Waals surface area contributed by atoms with E-state index in [1.54, 1.807) is 12.1 Å². The molecule has 6 heteroatoms. The first-order valence-electron chi connectivity index (χ1n) is 8.62. The molecule has 0 saturated heterocycles. The van der Waals surface area contributed by atoms with Gasteiger partial charge in [-0.1, -0.05) is 35.3 Å². The summed E-state index contributed by atoms with van der Waals surface area (Å²) in [6, 6.07) is 11.0. The number of ether oxygens (including phenoxy) is 2. The second-order valence-corrected chi connectivity index (χ2v) is 6.50. The van der Waals surface area contributed by atoms with E-state index in [4.69, 9.17) is 32.7 Å². The van der Waals surface area contributed by atoms with Crippen molar-refractivity contribution in [3.05, 3.63) is 57.6 Å². The van der Waals surface area contributed by atoms with E-state index in [0.717, 1.165) is 16.9 Å². The first-order chi connectivity index (χ1) is 12.5. The number of benzene rings is 2. The zero-order valence-corrected chi connectivity index (χ0v) is 16.5. The normalized spacial score (nSPS) is 10.5. The number of hydrogen-bond acceptors (Lipinski definition) is 3. The van der Waals surface area contributed by atoms with Crippen LogP contribution in [0.4, 0.5) is 0 Å². The average Bonchev–Trinajstić information content (AvgIpc) is 2.61. The van der Waals surface area contributed by atoms with Crippen LogP contribution in [-0.2, 0) is 17.8 Å². The molecule has 4 nitrogen and oxygen atoms in total. The van der Waals surface area contributed by atoms with Gasteiger partial charge in [0.1, 0.15) is 0 Å². The largest absolute Gasteiger partial charge is 0.490 e. The second-order valence-electron chi connectivity index (χ2n) is 5.66. The summed E-state index contributed by atoms with van der Waals surface area (Å²) >= 11 is 12.0. The highest BCUT2D eigenvalue weighted by atomic mass is 35.5. The van der Waals surface area contributed by atoms with Crippen molar-refractivity contribution in [1.82, 2.24) is 5.32 Å². The molecule has 0 spiro atoms. The lowest BCUT2D eigenvalue weighted by Gasteiger charge is -2.12. The summed E-state index contributed by atoms with van der Waals surface area (Å²) in [5.74, 6) is 1.39. The molecule has 0 unspecified atom stereocenters. The lowest BCUT2D eigenvalue weighted by molar-refractivity contribution is -0.121. The third-order valence-corrected chi connectivity index (χ3v) is 4.33. The van der Waals surface area contributed by atoms with Gasteiger partial charge in [0, 0.05) is 23.0 Å². The van der Waals surface area contributed by atoms with E-state index in [0.29, 0.717) is 48.4 Å². The van der Waals surface area contributed by atoms with Crippen molar-refractivity contribution in [2.75, 3.05) is 13.2 Å². The highest BCUT2D eigenvalue weighted by Crippen LogP contribution is 2.29. The first-order valence-corrected chi connectivity index (χ1v) is 9.38. The third-order valence-electron chi connectivity index (χ3n) is 3.74. The molecule has 0 aliphatic heterocycles. The fourth-order valence-electron chi connectivity index (χ4n) is 2.46. The summed E-state index contributed by atoms with van der Waals surface area (Å²) in [7, 11) is 0. The highest BCUT2D eigenvalue weighted by Gasteiger charge is 2.09. The van der Waals surface area contributed by atoms with E-state index in [1.807, 2.05) is 38.1 Å². The Labute approximate surface area is 164 Å². The molecule has 2 aromatic rings. The minimum absolute atomic E-state index is 0.0390. The van der Waals surface area contributed by atoms with Gasteiger partial charge in [0.05, 0.1) is 13.2 Å². The van der Waals surface area contributed by atoms with Crippen LogP contribution in [0.1, 0.15) is 31.4 Å². The van der Waals surface area contributed by atoms with Crippen molar-refractivity contribution in [3.63, 3.8) is 0 Å². The fourth-order valence-corrected chi connectivity index (χ4v) is 2.93. The molecule has 0 aromatic heterocycles. The van der Waals surface area contributed by atoms with E-state index in [9.17, 15) is 4.79 Å². The van der Waals surface area contributed by atoms with Crippen molar-refractivity contribution in [3.8, 4) is 11.5 Å². The number of aryl methyl sites for hydroxylation is 1. The molecule has 0 bridgehead atoms. The standard InChI is InChI=1S/C20H23Cl2NO3/c1-3-25-18-9-5-14(11-19(18)26-4-2)6-10-20(24)23-13-15-7-8-16(21)12-17(15)22/h5,7-9,11-12H,3-4,6,10,13H2,1-2H3,(H,23,24). The van der Waals surface area contributed by atoms with Gasteiger partial charge in [0.25, 0.3) is 0 Å². The number of carbonyl (C=O) groups excluding carboxylic acids is 1. The van der Waals surface area contributed by atoms with Crippen LogP contribution in [0, 0.1) is 0 Å². The summed E-state index contributed by atoms with van der Waals surface area (Å²) in [4.78, 5) is 12.1. The zero-order valence-electron chi connectivity index (χ0n) is 15.0. The van der Waals surface area contributed by atoms with Crippen molar-refractivity contribution >= 4 is 29.1 Å². The molecule has 140 valence electrons. The van der Waals surface area contributed by atoms with Crippen molar-refractivity contribution in [1.29, 1.82) is 0 Å². The van der Waals surface area contributed by atoms with Gasteiger partial charge in [-0.05, 0) is 55.7 Å². The minimum Gasteiger partial charge on any atom is -0.490 e. The average molecular weight is 396 g/mol. The van der Waals surface area contributed by atoms with Gasteiger partial charge in [0.15, 0.2) is 11.5 Å². The molecule has 0 saturated carbocycles. The number of halogens is 2. The molecule has 0 radical (unpaired) electrons. The summed E-state index contributed by atoms with van der Waals surface area (Å²) in [6.07, 6.45) is 0.997. The molecule has 0 heterocycles. The van der Waals surface area contributed by atoms with Crippen LogP contribution < -0.4 is 14.8 Å². The van der Waals surface area contributed by atoms with Crippen LogP contribution in [0.2, 0.25) is 10.0 Å². The van der Waals surface area contributed by atoms with E-state index in [1.165, 1.54) is 0 Å². The molecule has 0 aliphatic rings. The highest BCUT2D eigenvalue weighted by molar-refractivity contribution is 6.35. The monoisotopic (exact) mass is 395 g/mol. The number of rotatable bonds is 9. The number of nitrogens with one attached hydrogen (secondary N) is 1. The molecular weight excluding hydrogens is 373 g/mol. The van der Waals surface area contributed by atoms with Crippen molar-refractivity contribution in [2.45, 2.75) is 33.2 Å². The topological polar surface area (TPSA) is 47.6 Å². The van der Waals surface area contributed by atoms with Gasteiger partial charge in [0.2, 0.25) is 5.91 Å². The smallest absolute Gasteiger partial charge is 0.220 e. The molecule has 2 aromatic carbocycles. The number of carbonyl (C=O) groups is 1. The molecule has 26 heavy (non-hydrogen) atoms. The maximum Gasteiger partial charge on any atom is 0.220 e. The Morgan fingerprint density at radius 2 is 1.73 bits per heavy atom. The Kier molecular flexibility index (Phi) is 8.07. The van der Waals surface area contributed by atoms with Gasteiger partial charge in [-0.2, -0.15) is 0 Å². The van der Waals surface area contributed by atoms with Gasteiger partial charge >= 0.3 is 0 Å². The minimum atomic E-state index is -0.0390. The van der Waals surface area contributed by atoms with Crippen molar-refractivity contribution in [2.24, 2.45) is 0 Å². The molecule has 2 rings (SSSR count). The van der Waals surface area contributed by atoms with Crippen LogP contribution in [0.25, 0.3) is 0 Å². The van der Waals surface area contributed by atoms with E-state index in [2.05, 4.69) is 5.32 Å². The Balaban J connectivity index is 1.89. The van der Waals surface area contributed by atoms with Gasteiger partial charge in [-0.25, -0.2) is 0 Å². The van der Waals surface area contributed by atoms with Crippen molar-refractivity contribution < 1.29 is 14.3 Å². The Morgan fingerprint density at radius 3 is 2.42 bits per heavy atom. The predicted molar refractivity (Wildman–Crippen MR) is 105 cm³/mol. The third kappa shape index (κ3) is 6.11. The van der Waals surface area contributed by atoms with Gasteiger partial charge < -0.3 is 14.8 Å². The summed E-state index contributed by atoms with van der Waals surface area (Å²) < 4.78 is 11.2. The lowest BCUT2D eigenvalue weighted by Crippen LogP contribution is -2.23. The number of amides is 1. The molecular formula is C20H23Cl2NO3. The molecule has 0 fully saturated rings. The lowest BCUT2D eigenvalue weighted by atomic mass is 10.1. The number of hydrogen-bond donors (Lipinski definition) is 1. The van der Waals surface area contributed by atoms with Crippen LogP contribution in [0.3, 0.4) is 0 Å². The van der Waals surface area contributed by atoms with Gasteiger partial charge in [-0.15, -0.1) is 0 Å². The van der Waals surface area contributed by atoms with Crippen LogP contribution in [0.15, 0.2) is 36.4 Å².